The van der Waals surface area contributed by atoms with Crippen molar-refractivity contribution in [2.45, 2.75) is 20.0 Å². The molecular weight excluding hydrogens is 242 g/mol. The molecular formula is C12H16ClNO3. The SMILES string of the molecule is CC(C)(CN)C(O)c1cc(Cl)c2c(c1)OCO2. The molecule has 3 N–H and O–H groups in total. The second kappa shape index (κ2) is 4.37. The van der Waals surface area contributed by atoms with E-state index in [0.717, 1.165) is 0 Å². The Kier molecular flexibility index (Phi) is 3.21. The molecule has 4 nitrogen and oxygen atoms in total. The molecule has 0 aliphatic carbocycles. The van der Waals surface area contributed by atoms with E-state index in [0.29, 0.717) is 28.6 Å². The summed E-state index contributed by atoms with van der Waals surface area (Å²) >= 11 is 6.06. The van der Waals surface area contributed by atoms with Gasteiger partial charge in [-0.3, -0.25) is 0 Å². The third-order valence-corrected chi connectivity index (χ3v) is 3.31. The van der Waals surface area contributed by atoms with Crippen molar-refractivity contribution in [2.75, 3.05) is 13.3 Å². The van der Waals surface area contributed by atoms with Gasteiger partial charge in [0.25, 0.3) is 0 Å². The first kappa shape index (κ1) is 12.5. The second-order valence-corrected chi connectivity index (χ2v) is 5.24. The highest BCUT2D eigenvalue weighted by Crippen LogP contribution is 2.43. The highest BCUT2D eigenvalue weighted by Gasteiger charge is 2.30. The Labute approximate surface area is 105 Å². The van der Waals surface area contributed by atoms with Crippen molar-refractivity contribution in [3.8, 4) is 11.5 Å². The van der Waals surface area contributed by atoms with E-state index in [9.17, 15) is 5.11 Å². The van der Waals surface area contributed by atoms with E-state index in [4.69, 9.17) is 26.8 Å². The van der Waals surface area contributed by atoms with Crippen LogP contribution in [0.1, 0.15) is 25.5 Å². The fraction of sp³-hybridized carbons (Fsp3) is 0.500. The molecule has 1 heterocycles. The molecule has 0 aromatic heterocycles. The third kappa shape index (κ3) is 2.20. The Bertz CT molecular complexity index is 434. The minimum atomic E-state index is -0.695. The van der Waals surface area contributed by atoms with Crippen molar-refractivity contribution >= 4 is 11.6 Å². The Morgan fingerprint density at radius 3 is 2.82 bits per heavy atom. The predicted molar refractivity (Wildman–Crippen MR) is 65.4 cm³/mol. The largest absolute Gasteiger partial charge is 0.454 e. The number of ether oxygens (including phenoxy) is 2. The van der Waals surface area contributed by atoms with Gasteiger partial charge in [0.1, 0.15) is 0 Å². The molecule has 94 valence electrons. The maximum atomic E-state index is 10.3. The van der Waals surface area contributed by atoms with Crippen LogP contribution < -0.4 is 15.2 Å². The Hall–Kier alpha value is -0.970. The molecule has 1 unspecified atom stereocenters. The number of halogens is 1. The molecule has 1 atom stereocenters. The first-order valence-corrected chi connectivity index (χ1v) is 5.80. The van der Waals surface area contributed by atoms with Gasteiger partial charge in [-0.1, -0.05) is 25.4 Å². The van der Waals surface area contributed by atoms with Crippen molar-refractivity contribution in [3.63, 3.8) is 0 Å². The van der Waals surface area contributed by atoms with E-state index in [2.05, 4.69) is 0 Å². The molecule has 0 amide bonds. The van der Waals surface area contributed by atoms with Crippen LogP contribution in [0.2, 0.25) is 5.02 Å². The van der Waals surface area contributed by atoms with Crippen LogP contribution in [0.5, 0.6) is 11.5 Å². The molecule has 0 saturated heterocycles. The number of rotatable bonds is 3. The van der Waals surface area contributed by atoms with E-state index < -0.39 is 11.5 Å². The summed E-state index contributed by atoms with van der Waals surface area (Å²) in [5.74, 6) is 1.10. The lowest BCUT2D eigenvalue weighted by Crippen LogP contribution is -2.30. The number of nitrogens with two attached hydrogens (primary N) is 1. The number of hydrogen-bond donors (Lipinski definition) is 2. The molecule has 1 aromatic rings. The van der Waals surface area contributed by atoms with E-state index in [1.165, 1.54) is 0 Å². The van der Waals surface area contributed by atoms with Crippen molar-refractivity contribution < 1.29 is 14.6 Å². The summed E-state index contributed by atoms with van der Waals surface area (Å²) in [5.41, 5.74) is 5.92. The van der Waals surface area contributed by atoms with Gasteiger partial charge in [-0.2, -0.15) is 0 Å². The standard InChI is InChI=1S/C12H16ClNO3/c1-12(2,5-14)11(15)7-3-8(13)10-9(4-7)16-6-17-10/h3-4,11,15H,5-6,14H2,1-2H3. The highest BCUT2D eigenvalue weighted by atomic mass is 35.5. The molecule has 0 saturated carbocycles. The van der Waals surface area contributed by atoms with Crippen LogP contribution >= 0.6 is 11.6 Å². The monoisotopic (exact) mass is 257 g/mol. The average Bonchev–Trinajstić information content (AvgIpc) is 2.76. The second-order valence-electron chi connectivity index (χ2n) is 4.83. The van der Waals surface area contributed by atoms with Gasteiger partial charge in [-0.05, 0) is 17.7 Å². The molecule has 2 rings (SSSR count). The minimum absolute atomic E-state index is 0.162. The fourth-order valence-corrected chi connectivity index (χ4v) is 1.98. The summed E-state index contributed by atoms with van der Waals surface area (Å²) in [5, 5.41) is 10.7. The maximum absolute atomic E-state index is 10.3. The van der Waals surface area contributed by atoms with Crippen LogP contribution in [0.15, 0.2) is 12.1 Å². The number of aliphatic hydroxyl groups excluding tert-OH is 1. The highest BCUT2D eigenvalue weighted by molar-refractivity contribution is 6.32. The smallest absolute Gasteiger partial charge is 0.231 e. The van der Waals surface area contributed by atoms with Gasteiger partial charge < -0.3 is 20.3 Å². The molecule has 0 spiro atoms. The Morgan fingerprint density at radius 2 is 2.18 bits per heavy atom. The molecule has 17 heavy (non-hydrogen) atoms. The van der Waals surface area contributed by atoms with Crippen LogP contribution in [0, 0.1) is 5.41 Å². The lowest BCUT2D eigenvalue weighted by molar-refractivity contribution is 0.0553. The summed E-state index contributed by atoms with van der Waals surface area (Å²) in [4.78, 5) is 0. The van der Waals surface area contributed by atoms with Crippen LogP contribution in [0.3, 0.4) is 0 Å². The van der Waals surface area contributed by atoms with Crippen LogP contribution in [0.25, 0.3) is 0 Å². The van der Waals surface area contributed by atoms with Gasteiger partial charge in [-0.15, -0.1) is 0 Å². The number of fused-ring (bicyclic) bond motifs is 1. The predicted octanol–water partition coefficient (Wildman–Crippen LogP) is 2.09. The lowest BCUT2D eigenvalue weighted by Gasteiger charge is -2.29. The molecule has 0 bridgehead atoms. The van der Waals surface area contributed by atoms with Gasteiger partial charge in [0.15, 0.2) is 11.5 Å². The zero-order chi connectivity index (χ0) is 12.6. The molecule has 0 fully saturated rings. The molecule has 1 aliphatic heterocycles. The van der Waals surface area contributed by atoms with Gasteiger partial charge in [-0.25, -0.2) is 0 Å². The van der Waals surface area contributed by atoms with Crippen LogP contribution in [0.4, 0.5) is 0 Å². The maximum Gasteiger partial charge on any atom is 0.231 e. The van der Waals surface area contributed by atoms with Crippen molar-refractivity contribution in [1.82, 2.24) is 0 Å². The zero-order valence-electron chi connectivity index (χ0n) is 9.87. The molecule has 0 radical (unpaired) electrons. The third-order valence-electron chi connectivity index (χ3n) is 3.03. The van der Waals surface area contributed by atoms with E-state index in [-0.39, 0.29) is 6.79 Å². The van der Waals surface area contributed by atoms with Crippen molar-refractivity contribution in [1.29, 1.82) is 0 Å². The van der Waals surface area contributed by atoms with E-state index >= 15 is 0 Å². The zero-order valence-corrected chi connectivity index (χ0v) is 10.6. The topological polar surface area (TPSA) is 64.7 Å². The average molecular weight is 258 g/mol. The molecule has 5 heteroatoms. The fourth-order valence-electron chi connectivity index (χ4n) is 1.71. The molecule has 1 aromatic carbocycles. The number of hydrogen-bond acceptors (Lipinski definition) is 4. The first-order chi connectivity index (χ1) is 7.95. The summed E-state index contributed by atoms with van der Waals surface area (Å²) in [6.07, 6.45) is -0.695. The van der Waals surface area contributed by atoms with Crippen LogP contribution in [-0.2, 0) is 0 Å². The lowest BCUT2D eigenvalue weighted by atomic mass is 9.83. The van der Waals surface area contributed by atoms with Crippen molar-refractivity contribution in [2.24, 2.45) is 11.1 Å². The van der Waals surface area contributed by atoms with Crippen LogP contribution in [-0.4, -0.2) is 18.4 Å². The Morgan fingerprint density at radius 1 is 1.47 bits per heavy atom. The number of benzene rings is 1. The number of aliphatic hydroxyl groups is 1. The first-order valence-electron chi connectivity index (χ1n) is 5.43. The van der Waals surface area contributed by atoms with Gasteiger partial charge in [0.05, 0.1) is 11.1 Å². The summed E-state index contributed by atoms with van der Waals surface area (Å²) in [6, 6.07) is 3.44. The van der Waals surface area contributed by atoms with Crippen molar-refractivity contribution in [3.05, 3.63) is 22.7 Å². The minimum Gasteiger partial charge on any atom is -0.454 e. The Balaban J connectivity index is 2.38. The summed E-state index contributed by atoms with van der Waals surface area (Å²) in [6.45, 7) is 4.33. The van der Waals surface area contributed by atoms with E-state index in [1.54, 1.807) is 12.1 Å². The summed E-state index contributed by atoms with van der Waals surface area (Å²) in [7, 11) is 0. The molecule has 1 aliphatic rings. The van der Waals surface area contributed by atoms with Gasteiger partial charge in [0, 0.05) is 12.0 Å². The quantitative estimate of drug-likeness (QED) is 0.870. The van der Waals surface area contributed by atoms with Gasteiger partial charge >= 0.3 is 0 Å². The van der Waals surface area contributed by atoms with E-state index in [1.807, 2.05) is 13.8 Å². The summed E-state index contributed by atoms with van der Waals surface area (Å²) < 4.78 is 10.5. The van der Waals surface area contributed by atoms with Gasteiger partial charge in [0.2, 0.25) is 6.79 Å². The normalized spacial score (nSPS) is 16.1.